The number of hydrogen-bond acceptors (Lipinski definition) is 3. The van der Waals surface area contributed by atoms with Crippen LogP contribution in [0.3, 0.4) is 0 Å². The monoisotopic (exact) mass is 484 g/mol. The van der Waals surface area contributed by atoms with Crippen LogP contribution in [0.15, 0.2) is 0 Å². The van der Waals surface area contributed by atoms with E-state index in [0.29, 0.717) is 6.54 Å². The maximum atomic E-state index is 12.0. The molecule has 0 aromatic carbocycles. The minimum absolute atomic E-state index is 0. The van der Waals surface area contributed by atoms with Gasteiger partial charge in [-0.25, -0.2) is 11.3 Å². The van der Waals surface area contributed by atoms with Crippen LogP contribution in [0.4, 0.5) is 4.79 Å². The molecule has 1 heterocycles. The molecular weight excluding hydrogens is 454 g/mol. The van der Waals surface area contributed by atoms with Gasteiger partial charge in [0.15, 0.2) is 8.32 Å². The SMILES string of the molecule is CC(C)(C)OC(=O)N1[CH-]C[C@@H](O[Si](C)(C)C(C)(C)C)C1.[W]. The van der Waals surface area contributed by atoms with E-state index < -0.39 is 13.9 Å². The average molecular weight is 484 g/mol. The van der Waals surface area contributed by atoms with Crippen molar-refractivity contribution in [3.63, 3.8) is 0 Å². The Kier molecular flexibility index (Phi) is 7.19. The Balaban J connectivity index is 0.00000400. The fraction of sp³-hybridized carbons (Fsp3) is 0.867. The molecule has 124 valence electrons. The van der Waals surface area contributed by atoms with Gasteiger partial charge in [-0.3, -0.25) is 0 Å². The van der Waals surface area contributed by atoms with Gasteiger partial charge in [0, 0.05) is 33.7 Å². The number of likely N-dealkylation sites (tertiary alicyclic amines) is 1. The Morgan fingerprint density at radius 2 is 1.71 bits per heavy atom. The summed E-state index contributed by atoms with van der Waals surface area (Å²) < 4.78 is 11.7. The van der Waals surface area contributed by atoms with Crippen LogP contribution in [0, 0.1) is 6.54 Å². The molecule has 0 N–H and O–H groups in total. The van der Waals surface area contributed by atoms with E-state index in [9.17, 15) is 4.79 Å². The number of carbonyl (C=O) groups excluding carboxylic acids is 1. The molecule has 0 bridgehead atoms. The molecule has 21 heavy (non-hydrogen) atoms. The standard InChI is InChI=1S/C15H30NO3Si.W/c1-14(2,3)18-13(17)16-10-9-12(11-16)19-20(7,8)15(4,5)6;/h10,12H,9,11H2,1-8H3;/q-1;/t12-;/m1./s1. The van der Waals surface area contributed by atoms with Gasteiger partial charge in [-0.2, -0.15) is 0 Å². The van der Waals surface area contributed by atoms with E-state index in [1.165, 1.54) is 0 Å². The summed E-state index contributed by atoms with van der Waals surface area (Å²) in [6.45, 7) is 19.3. The topological polar surface area (TPSA) is 38.8 Å². The second-order valence-electron chi connectivity index (χ2n) is 8.05. The minimum Gasteiger partial charge on any atom is -0.456 e. The molecule has 0 aromatic rings. The summed E-state index contributed by atoms with van der Waals surface area (Å²) in [5.74, 6) is 0. The summed E-state index contributed by atoms with van der Waals surface area (Å²) in [4.78, 5) is 13.6. The summed E-state index contributed by atoms with van der Waals surface area (Å²) in [5, 5.41) is 0.187. The van der Waals surface area contributed by atoms with Crippen molar-refractivity contribution in [3.8, 4) is 0 Å². The van der Waals surface area contributed by atoms with Gasteiger partial charge in [0.25, 0.3) is 0 Å². The fourth-order valence-electron chi connectivity index (χ4n) is 1.76. The van der Waals surface area contributed by atoms with Gasteiger partial charge in [-0.05, 0) is 38.9 Å². The van der Waals surface area contributed by atoms with Crippen molar-refractivity contribution >= 4 is 14.4 Å². The first-order valence-electron chi connectivity index (χ1n) is 7.32. The van der Waals surface area contributed by atoms with Crippen LogP contribution >= 0.6 is 0 Å². The quantitative estimate of drug-likeness (QED) is 0.436. The number of rotatable bonds is 2. The van der Waals surface area contributed by atoms with Crippen LogP contribution < -0.4 is 0 Å². The second-order valence-corrected chi connectivity index (χ2v) is 12.8. The Morgan fingerprint density at radius 3 is 2.14 bits per heavy atom. The van der Waals surface area contributed by atoms with Crippen LogP contribution in [-0.4, -0.2) is 37.6 Å². The van der Waals surface area contributed by atoms with Crippen LogP contribution in [0.5, 0.6) is 0 Å². The van der Waals surface area contributed by atoms with Crippen molar-refractivity contribution in [3.05, 3.63) is 6.54 Å². The molecule has 0 radical (unpaired) electrons. The Hall–Kier alpha value is 0.135. The van der Waals surface area contributed by atoms with Crippen molar-refractivity contribution in [2.45, 2.75) is 77.8 Å². The predicted molar refractivity (Wildman–Crippen MR) is 83.9 cm³/mol. The second kappa shape index (κ2) is 7.14. The molecule has 1 amide bonds. The molecule has 0 unspecified atom stereocenters. The van der Waals surface area contributed by atoms with Gasteiger partial charge in [-0.1, -0.05) is 20.8 Å². The van der Waals surface area contributed by atoms with Crippen LogP contribution in [-0.2, 0) is 30.2 Å². The first kappa shape index (κ1) is 21.1. The van der Waals surface area contributed by atoms with Crippen molar-refractivity contribution in [1.82, 2.24) is 4.90 Å². The van der Waals surface area contributed by atoms with Crippen molar-refractivity contribution in [2.75, 3.05) is 6.54 Å². The summed E-state index contributed by atoms with van der Waals surface area (Å²) in [5.41, 5.74) is -0.455. The van der Waals surface area contributed by atoms with Crippen molar-refractivity contribution in [1.29, 1.82) is 0 Å². The van der Waals surface area contributed by atoms with Gasteiger partial charge >= 0.3 is 6.09 Å². The zero-order valence-electron chi connectivity index (χ0n) is 14.6. The molecule has 0 saturated carbocycles. The molecule has 1 aliphatic heterocycles. The number of nitrogens with zero attached hydrogens (tertiary/aromatic N) is 1. The van der Waals surface area contributed by atoms with Crippen LogP contribution in [0.25, 0.3) is 0 Å². The fourth-order valence-corrected chi connectivity index (χ4v) is 3.12. The zero-order valence-corrected chi connectivity index (χ0v) is 18.6. The molecule has 0 aliphatic carbocycles. The molecule has 1 fully saturated rings. The maximum absolute atomic E-state index is 12.0. The normalized spacial score (nSPS) is 20.2. The smallest absolute Gasteiger partial charge is 0.380 e. The van der Waals surface area contributed by atoms with E-state index in [2.05, 4.69) is 33.9 Å². The predicted octanol–water partition coefficient (Wildman–Crippen LogP) is 4.18. The number of amides is 1. The third-order valence-electron chi connectivity index (χ3n) is 3.88. The van der Waals surface area contributed by atoms with Crippen LogP contribution in [0.1, 0.15) is 48.0 Å². The van der Waals surface area contributed by atoms with E-state index in [1.54, 1.807) is 4.90 Å². The molecule has 1 rings (SSSR count). The van der Waals surface area contributed by atoms with E-state index >= 15 is 0 Å². The summed E-state index contributed by atoms with van der Waals surface area (Å²) in [6, 6.07) is 0. The first-order valence-corrected chi connectivity index (χ1v) is 10.2. The van der Waals surface area contributed by atoms with E-state index in [1.807, 2.05) is 27.3 Å². The largest absolute Gasteiger partial charge is 0.456 e. The number of hydrogen-bond donors (Lipinski definition) is 0. The summed E-state index contributed by atoms with van der Waals surface area (Å²) in [6.07, 6.45) is 0.605. The molecule has 0 spiro atoms. The summed E-state index contributed by atoms with van der Waals surface area (Å²) in [7, 11) is -1.78. The van der Waals surface area contributed by atoms with Gasteiger partial charge in [0.1, 0.15) is 5.60 Å². The van der Waals surface area contributed by atoms with Gasteiger partial charge in [0.2, 0.25) is 0 Å². The molecule has 1 saturated heterocycles. The zero-order chi connectivity index (χ0) is 15.8. The average Bonchev–Trinajstić information content (AvgIpc) is 2.60. The first-order chi connectivity index (χ1) is 8.82. The number of carbonyl (C=O) groups is 1. The van der Waals surface area contributed by atoms with Crippen molar-refractivity contribution < 1.29 is 35.0 Å². The van der Waals surface area contributed by atoms with Crippen molar-refractivity contribution in [2.24, 2.45) is 0 Å². The molecule has 6 heteroatoms. The molecule has 1 aliphatic rings. The third-order valence-corrected chi connectivity index (χ3v) is 8.42. The number of ether oxygens (including phenoxy) is 1. The third kappa shape index (κ3) is 6.41. The van der Waals surface area contributed by atoms with Gasteiger partial charge in [-0.15, -0.1) is 6.42 Å². The van der Waals surface area contributed by atoms with Gasteiger partial charge in [0.05, 0.1) is 0 Å². The Labute approximate surface area is 145 Å². The molecule has 1 atom stereocenters. The van der Waals surface area contributed by atoms with E-state index in [0.717, 1.165) is 6.42 Å². The van der Waals surface area contributed by atoms with Crippen LogP contribution in [0.2, 0.25) is 18.1 Å². The molecule has 4 nitrogen and oxygen atoms in total. The summed E-state index contributed by atoms with van der Waals surface area (Å²) >= 11 is 0. The molecule has 0 aromatic heterocycles. The van der Waals surface area contributed by atoms with E-state index in [4.69, 9.17) is 9.16 Å². The minimum atomic E-state index is -1.78. The Bertz CT molecular complexity index is 361. The molecular formula is C15H30NO3SiW-. The van der Waals surface area contributed by atoms with Gasteiger partial charge < -0.3 is 14.1 Å². The maximum Gasteiger partial charge on any atom is 0.380 e. The van der Waals surface area contributed by atoms with E-state index in [-0.39, 0.29) is 38.3 Å². The Morgan fingerprint density at radius 1 is 1.19 bits per heavy atom.